The summed E-state index contributed by atoms with van der Waals surface area (Å²) in [5.41, 5.74) is 2.94. The Kier molecular flexibility index (Phi) is 3.05. The zero-order valence-corrected chi connectivity index (χ0v) is 10.3. The number of carboxylic acid groups (broad SMARTS) is 1. The third-order valence-electron chi connectivity index (χ3n) is 3.29. The van der Waals surface area contributed by atoms with Gasteiger partial charge in [-0.2, -0.15) is 5.10 Å². The predicted molar refractivity (Wildman–Crippen MR) is 69.0 cm³/mol. The lowest BCUT2D eigenvalue weighted by Crippen LogP contribution is -2.29. The molecule has 98 valence electrons. The largest absolute Gasteiger partial charge is 0.477 e. The molecular formula is C14H14N2O3. The Morgan fingerprint density at radius 3 is 2.63 bits per heavy atom. The molecule has 5 nitrogen and oxygen atoms in total. The van der Waals surface area contributed by atoms with Crippen LogP contribution in [-0.2, 0) is 11.2 Å². The normalized spacial score (nSPS) is 15.2. The number of ether oxygens (including phenoxy) is 1. The van der Waals surface area contributed by atoms with Crippen molar-refractivity contribution in [3.8, 4) is 11.3 Å². The Morgan fingerprint density at radius 2 is 2.11 bits per heavy atom. The number of nitrogens with one attached hydrogen (secondary N) is 1. The van der Waals surface area contributed by atoms with Crippen molar-refractivity contribution < 1.29 is 14.6 Å². The van der Waals surface area contributed by atoms with E-state index in [-0.39, 0.29) is 5.69 Å². The van der Waals surface area contributed by atoms with E-state index < -0.39 is 5.97 Å². The molecule has 1 aromatic carbocycles. The number of rotatable bonds is 4. The van der Waals surface area contributed by atoms with Crippen LogP contribution >= 0.6 is 0 Å². The van der Waals surface area contributed by atoms with Crippen molar-refractivity contribution in [1.82, 2.24) is 10.2 Å². The van der Waals surface area contributed by atoms with Crippen LogP contribution in [0, 0.1) is 5.92 Å². The lowest BCUT2D eigenvalue weighted by Gasteiger charge is -2.25. The molecule has 0 bridgehead atoms. The molecule has 0 unspecified atom stereocenters. The maximum Gasteiger partial charge on any atom is 0.353 e. The van der Waals surface area contributed by atoms with E-state index in [1.54, 1.807) is 0 Å². The molecule has 1 aliphatic heterocycles. The Hall–Kier alpha value is -2.14. The molecule has 0 radical (unpaired) electrons. The SMILES string of the molecule is O=C(O)c1cc(-c2ccc(CC3COC3)cc2)n[nH]1. The molecule has 0 saturated carbocycles. The summed E-state index contributed by atoms with van der Waals surface area (Å²) in [4.78, 5) is 10.8. The summed E-state index contributed by atoms with van der Waals surface area (Å²) in [5, 5.41) is 15.3. The van der Waals surface area contributed by atoms with Gasteiger partial charge in [-0.15, -0.1) is 0 Å². The predicted octanol–water partition coefficient (Wildman–Crippen LogP) is 1.96. The minimum Gasteiger partial charge on any atom is -0.477 e. The van der Waals surface area contributed by atoms with E-state index in [9.17, 15) is 4.79 Å². The fraction of sp³-hybridized carbons (Fsp3) is 0.286. The molecule has 0 aliphatic carbocycles. The van der Waals surface area contributed by atoms with E-state index in [4.69, 9.17) is 9.84 Å². The van der Waals surface area contributed by atoms with Gasteiger partial charge in [-0.1, -0.05) is 24.3 Å². The fourth-order valence-electron chi connectivity index (χ4n) is 2.13. The van der Waals surface area contributed by atoms with Gasteiger partial charge in [0, 0.05) is 11.5 Å². The van der Waals surface area contributed by atoms with Crippen LogP contribution in [-0.4, -0.2) is 34.5 Å². The number of benzene rings is 1. The first-order valence-electron chi connectivity index (χ1n) is 6.18. The Morgan fingerprint density at radius 1 is 1.37 bits per heavy atom. The number of aromatic carboxylic acids is 1. The van der Waals surface area contributed by atoms with Crippen molar-refractivity contribution in [2.75, 3.05) is 13.2 Å². The monoisotopic (exact) mass is 258 g/mol. The summed E-state index contributed by atoms with van der Waals surface area (Å²) in [6, 6.07) is 9.59. The Bertz CT molecular complexity index is 585. The highest BCUT2D eigenvalue weighted by molar-refractivity contribution is 5.86. The van der Waals surface area contributed by atoms with Crippen LogP contribution in [0.4, 0.5) is 0 Å². The maximum atomic E-state index is 10.8. The summed E-state index contributed by atoms with van der Waals surface area (Å²) in [7, 11) is 0. The fourth-order valence-corrected chi connectivity index (χ4v) is 2.13. The van der Waals surface area contributed by atoms with E-state index in [0.29, 0.717) is 11.6 Å². The van der Waals surface area contributed by atoms with Gasteiger partial charge in [-0.05, 0) is 18.1 Å². The number of carboxylic acids is 1. The van der Waals surface area contributed by atoms with Crippen LogP contribution < -0.4 is 0 Å². The molecule has 1 aliphatic rings. The van der Waals surface area contributed by atoms with Crippen molar-refractivity contribution >= 4 is 5.97 Å². The molecule has 0 amide bonds. The van der Waals surface area contributed by atoms with E-state index >= 15 is 0 Å². The molecule has 1 saturated heterocycles. The summed E-state index contributed by atoms with van der Waals surface area (Å²) in [6.45, 7) is 1.70. The second kappa shape index (κ2) is 4.85. The number of carbonyl (C=O) groups is 1. The van der Waals surface area contributed by atoms with E-state index in [2.05, 4.69) is 22.3 Å². The number of hydrogen-bond donors (Lipinski definition) is 2. The molecule has 2 aromatic rings. The smallest absolute Gasteiger partial charge is 0.353 e. The lowest BCUT2D eigenvalue weighted by atomic mass is 9.97. The van der Waals surface area contributed by atoms with Crippen LogP contribution in [0.5, 0.6) is 0 Å². The summed E-state index contributed by atoms with van der Waals surface area (Å²) in [5.74, 6) is -0.366. The highest BCUT2D eigenvalue weighted by Gasteiger charge is 2.18. The van der Waals surface area contributed by atoms with Gasteiger partial charge in [0.25, 0.3) is 0 Å². The van der Waals surface area contributed by atoms with Crippen LogP contribution in [0.15, 0.2) is 30.3 Å². The van der Waals surface area contributed by atoms with Crippen molar-refractivity contribution in [3.63, 3.8) is 0 Å². The molecule has 3 rings (SSSR count). The number of hydrogen-bond acceptors (Lipinski definition) is 3. The summed E-state index contributed by atoms with van der Waals surface area (Å²) in [6.07, 6.45) is 1.03. The summed E-state index contributed by atoms with van der Waals surface area (Å²) < 4.78 is 5.16. The van der Waals surface area contributed by atoms with Crippen molar-refractivity contribution in [3.05, 3.63) is 41.6 Å². The Balaban J connectivity index is 1.75. The third-order valence-corrected chi connectivity index (χ3v) is 3.29. The Labute approximate surface area is 110 Å². The first-order valence-corrected chi connectivity index (χ1v) is 6.18. The maximum absolute atomic E-state index is 10.8. The van der Waals surface area contributed by atoms with Gasteiger partial charge in [0.05, 0.1) is 18.9 Å². The molecule has 5 heteroatoms. The van der Waals surface area contributed by atoms with Gasteiger partial charge in [0.2, 0.25) is 0 Å². The number of H-pyrrole nitrogens is 1. The molecule has 1 fully saturated rings. The average molecular weight is 258 g/mol. The van der Waals surface area contributed by atoms with Gasteiger partial charge in [-0.25, -0.2) is 4.79 Å². The average Bonchev–Trinajstić information content (AvgIpc) is 2.84. The van der Waals surface area contributed by atoms with Crippen LogP contribution in [0.2, 0.25) is 0 Å². The van der Waals surface area contributed by atoms with Crippen LogP contribution in [0.3, 0.4) is 0 Å². The standard InChI is InChI=1S/C14H14N2O3/c17-14(18)13-6-12(15-16-13)11-3-1-9(2-4-11)5-10-7-19-8-10/h1-4,6,10H,5,7-8H2,(H,15,16)(H,17,18). The first-order chi connectivity index (χ1) is 9.22. The van der Waals surface area contributed by atoms with E-state index in [1.165, 1.54) is 11.6 Å². The highest BCUT2D eigenvalue weighted by Crippen LogP contribution is 2.21. The van der Waals surface area contributed by atoms with Gasteiger partial charge >= 0.3 is 5.97 Å². The zero-order chi connectivity index (χ0) is 13.2. The minimum atomic E-state index is -1.000. The highest BCUT2D eigenvalue weighted by atomic mass is 16.5. The second-order valence-electron chi connectivity index (χ2n) is 4.78. The molecule has 0 spiro atoms. The molecule has 2 heterocycles. The molecular weight excluding hydrogens is 244 g/mol. The zero-order valence-electron chi connectivity index (χ0n) is 10.3. The molecule has 2 N–H and O–H groups in total. The number of aromatic nitrogens is 2. The van der Waals surface area contributed by atoms with Crippen LogP contribution in [0.25, 0.3) is 11.3 Å². The van der Waals surface area contributed by atoms with Crippen LogP contribution in [0.1, 0.15) is 16.1 Å². The second-order valence-corrected chi connectivity index (χ2v) is 4.78. The number of aromatic amines is 1. The van der Waals surface area contributed by atoms with Crippen molar-refractivity contribution in [2.24, 2.45) is 5.92 Å². The topological polar surface area (TPSA) is 75.2 Å². The van der Waals surface area contributed by atoms with Gasteiger partial charge in [0.15, 0.2) is 0 Å². The van der Waals surface area contributed by atoms with Gasteiger partial charge in [0.1, 0.15) is 5.69 Å². The quantitative estimate of drug-likeness (QED) is 0.879. The molecule has 0 atom stereocenters. The lowest BCUT2D eigenvalue weighted by molar-refractivity contribution is -0.0312. The van der Waals surface area contributed by atoms with Crippen molar-refractivity contribution in [2.45, 2.75) is 6.42 Å². The third kappa shape index (κ3) is 2.51. The van der Waals surface area contributed by atoms with Gasteiger partial charge < -0.3 is 9.84 Å². The summed E-state index contributed by atoms with van der Waals surface area (Å²) >= 11 is 0. The van der Waals surface area contributed by atoms with E-state index in [1.807, 2.05) is 12.1 Å². The van der Waals surface area contributed by atoms with E-state index in [0.717, 1.165) is 25.2 Å². The van der Waals surface area contributed by atoms with Crippen molar-refractivity contribution in [1.29, 1.82) is 0 Å². The minimum absolute atomic E-state index is 0.102. The molecule has 1 aromatic heterocycles. The van der Waals surface area contributed by atoms with Gasteiger partial charge in [-0.3, -0.25) is 5.10 Å². The molecule has 19 heavy (non-hydrogen) atoms. The first kappa shape index (κ1) is 11.9. The number of nitrogens with zero attached hydrogens (tertiary/aromatic N) is 1.